The minimum Gasteiger partial charge on any atom is -0.489 e. The number of ether oxygens (including phenoxy) is 1. The van der Waals surface area contributed by atoms with Crippen LogP contribution in [0, 0.1) is 6.92 Å². The number of aryl methyl sites for hydroxylation is 1. The van der Waals surface area contributed by atoms with Crippen LogP contribution in [-0.2, 0) is 6.61 Å². The van der Waals surface area contributed by atoms with Crippen molar-refractivity contribution in [2.75, 3.05) is 0 Å². The molecule has 88 valence electrons. The van der Waals surface area contributed by atoms with Gasteiger partial charge in [-0.1, -0.05) is 0 Å². The first-order chi connectivity index (χ1) is 8.16. The average molecular weight is 248 g/mol. The Hall–Kier alpha value is -1.81. The normalized spacial score (nSPS) is 10.2. The van der Waals surface area contributed by atoms with E-state index in [1.54, 1.807) is 29.5 Å². The third-order valence-corrected chi connectivity index (χ3v) is 3.13. The Morgan fingerprint density at radius 2 is 2.24 bits per heavy atom. The van der Waals surface area contributed by atoms with Crippen molar-refractivity contribution in [2.24, 2.45) is 0 Å². The fraction of sp³-hybridized carbons (Fsp3) is 0.154. The summed E-state index contributed by atoms with van der Waals surface area (Å²) in [4.78, 5) is 10.8. The second-order valence-corrected chi connectivity index (χ2v) is 4.49. The molecule has 1 N–H and O–H groups in total. The lowest BCUT2D eigenvalue weighted by atomic mass is 10.1. The maximum Gasteiger partial charge on any atom is 0.335 e. The zero-order chi connectivity index (χ0) is 12.3. The highest BCUT2D eigenvalue weighted by Gasteiger charge is 2.06. The largest absolute Gasteiger partial charge is 0.489 e. The van der Waals surface area contributed by atoms with Gasteiger partial charge in [0.2, 0.25) is 0 Å². The van der Waals surface area contributed by atoms with Gasteiger partial charge in [-0.05, 0) is 53.1 Å². The summed E-state index contributed by atoms with van der Waals surface area (Å²) in [5, 5.41) is 12.9. The molecule has 17 heavy (non-hydrogen) atoms. The number of hydrogen-bond donors (Lipinski definition) is 1. The molecule has 4 heteroatoms. The summed E-state index contributed by atoms with van der Waals surface area (Å²) < 4.78 is 5.63. The molecule has 0 saturated carbocycles. The highest BCUT2D eigenvalue weighted by atomic mass is 32.1. The number of benzene rings is 1. The molecule has 0 amide bonds. The zero-order valence-corrected chi connectivity index (χ0v) is 10.2. The van der Waals surface area contributed by atoms with E-state index in [1.807, 2.05) is 23.8 Å². The Balaban J connectivity index is 2.09. The first-order valence-electron chi connectivity index (χ1n) is 5.14. The maximum atomic E-state index is 10.8. The van der Waals surface area contributed by atoms with Crippen LogP contribution in [0.4, 0.5) is 0 Å². The number of carboxylic acid groups (broad SMARTS) is 1. The lowest BCUT2D eigenvalue weighted by Crippen LogP contribution is -1.99. The molecule has 0 aliphatic rings. The third kappa shape index (κ3) is 2.85. The van der Waals surface area contributed by atoms with Crippen molar-refractivity contribution < 1.29 is 14.6 Å². The lowest BCUT2D eigenvalue weighted by Gasteiger charge is -2.08. The predicted molar refractivity (Wildman–Crippen MR) is 66.8 cm³/mol. The zero-order valence-electron chi connectivity index (χ0n) is 9.34. The van der Waals surface area contributed by atoms with E-state index >= 15 is 0 Å². The van der Waals surface area contributed by atoms with Gasteiger partial charge in [-0.3, -0.25) is 0 Å². The van der Waals surface area contributed by atoms with Crippen LogP contribution in [0.25, 0.3) is 0 Å². The second kappa shape index (κ2) is 5.01. The lowest BCUT2D eigenvalue weighted by molar-refractivity contribution is 0.0696. The summed E-state index contributed by atoms with van der Waals surface area (Å²) in [5.74, 6) is -0.196. The summed E-state index contributed by atoms with van der Waals surface area (Å²) in [6.45, 7) is 2.35. The predicted octanol–water partition coefficient (Wildman–Crippen LogP) is 3.33. The molecule has 0 aliphatic carbocycles. The molecule has 0 radical (unpaired) electrons. The molecule has 0 saturated heterocycles. The van der Waals surface area contributed by atoms with Crippen LogP contribution in [-0.4, -0.2) is 11.1 Å². The van der Waals surface area contributed by atoms with Gasteiger partial charge in [0.15, 0.2) is 0 Å². The Labute approximate surface area is 103 Å². The smallest absolute Gasteiger partial charge is 0.335 e. The van der Waals surface area contributed by atoms with E-state index in [1.165, 1.54) is 0 Å². The van der Waals surface area contributed by atoms with Gasteiger partial charge >= 0.3 is 5.97 Å². The average Bonchev–Trinajstić information content (AvgIpc) is 2.80. The molecule has 1 heterocycles. The highest BCUT2D eigenvalue weighted by molar-refractivity contribution is 7.07. The molecule has 3 nitrogen and oxygen atoms in total. The molecular formula is C13H12O3S. The standard InChI is InChI=1S/C13H12O3S/c1-9-6-11(13(14)15)2-3-12(9)16-7-10-4-5-17-8-10/h2-6,8H,7H2,1H3,(H,14,15). The van der Waals surface area contributed by atoms with Crippen molar-refractivity contribution in [1.82, 2.24) is 0 Å². The SMILES string of the molecule is Cc1cc(C(=O)O)ccc1OCc1ccsc1. The topological polar surface area (TPSA) is 46.5 Å². The summed E-state index contributed by atoms with van der Waals surface area (Å²) in [6.07, 6.45) is 0. The Morgan fingerprint density at radius 1 is 1.41 bits per heavy atom. The molecule has 0 aliphatic heterocycles. The van der Waals surface area contributed by atoms with Crippen LogP contribution in [0.5, 0.6) is 5.75 Å². The van der Waals surface area contributed by atoms with E-state index in [9.17, 15) is 4.79 Å². The van der Waals surface area contributed by atoms with E-state index in [4.69, 9.17) is 9.84 Å². The van der Waals surface area contributed by atoms with Gasteiger partial charge < -0.3 is 9.84 Å². The van der Waals surface area contributed by atoms with Crippen molar-refractivity contribution >= 4 is 17.3 Å². The van der Waals surface area contributed by atoms with Crippen molar-refractivity contribution in [1.29, 1.82) is 0 Å². The van der Waals surface area contributed by atoms with Gasteiger partial charge in [-0.25, -0.2) is 4.79 Å². The fourth-order valence-corrected chi connectivity index (χ4v) is 2.13. The molecule has 2 aromatic rings. The number of carbonyl (C=O) groups is 1. The van der Waals surface area contributed by atoms with Crippen molar-refractivity contribution in [3.63, 3.8) is 0 Å². The number of thiophene rings is 1. The van der Waals surface area contributed by atoms with Crippen LogP contribution in [0.1, 0.15) is 21.5 Å². The minimum atomic E-state index is -0.919. The minimum absolute atomic E-state index is 0.283. The molecule has 0 bridgehead atoms. The Kier molecular flexibility index (Phi) is 3.44. The fourth-order valence-electron chi connectivity index (χ4n) is 1.48. The Bertz CT molecular complexity index is 517. The van der Waals surface area contributed by atoms with E-state index in [2.05, 4.69) is 0 Å². The summed E-state index contributed by atoms with van der Waals surface area (Å²) in [5.41, 5.74) is 2.24. The highest BCUT2D eigenvalue weighted by Crippen LogP contribution is 2.20. The number of carboxylic acids is 1. The van der Waals surface area contributed by atoms with Crippen LogP contribution >= 0.6 is 11.3 Å². The van der Waals surface area contributed by atoms with Crippen LogP contribution in [0.2, 0.25) is 0 Å². The molecule has 0 spiro atoms. The van der Waals surface area contributed by atoms with E-state index < -0.39 is 5.97 Å². The molecule has 1 aromatic heterocycles. The van der Waals surface area contributed by atoms with Crippen LogP contribution < -0.4 is 4.74 Å². The summed E-state index contributed by atoms with van der Waals surface area (Å²) in [6, 6.07) is 6.88. The van der Waals surface area contributed by atoms with Crippen molar-refractivity contribution in [3.8, 4) is 5.75 Å². The van der Waals surface area contributed by atoms with Gasteiger partial charge in [0.05, 0.1) is 5.56 Å². The molecule has 0 fully saturated rings. The number of hydrogen-bond acceptors (Lipinski definition) is 3. The third-order valence-electron chi connectivity index (χ3n) is 2.40. The van der Waals surface area contributed by atoms with Crippen LogP contribution in [0.15, 0.2) is 35.0 Å². The van der Waals surface area contributed by atoms with E-state index in [-0.39, 0.29) is 5.56 Å². The molecule has 1 aromatic carbocycles. The number of aromatic carboxylic acids is 1. The van der Waals surface area contributed by atoms with Crippen molar-refractivity contribution in [3.05, 3.63) is 51.7 Å². The van der Waals surface area contributed by atoms with E-state index in [0.717, 1.165) is 16.9 Å². The molecule has 2 rings (SSSR count). The molecular weight excluding hydrogens is 236 g/mol. The summed E-state index contributed by atoms with van der Waals surface area (Å²) in [7, 11) is 0. The first-order valence-corrected chi connectivity index (χ1v) is 6.09. The number of rotatable bonds is 4. The van der Waals surface area contributed by atoms with Gasteiger partial charge in [0.1, 0.15) is 12.4 Å². The molecule has 0 atom stereocenters. The monoisotopic (exact) mass is 248 g/mol. The second-order valence-electron chi connectivity index (χ2n) is 3.71. The first kappa shape index (κ1) is 11.7. The van der Waals surface area contributed by atoms with Gasteiger partial charge in [0.25, 0.3) is 0 Å². The quantitative estimate of drug-likeness (QED) is 0.902. The van der Waals surface area contributed by atoms with Crippen LogP contribution in [0.3, 0.4) is 0 Å². The van der Waals surface area contributed by atoms with Crippen molar-refractivity contribution in [2.45, 2.75) is 13.5 Å². The maximum absolute atomic E-state index is 10.8. The summed E-state index contributed by atoms with van der Waals surface area (Å²) >= 11 is 1.63. The Morgan fingerprint density at radius 3 is 2.82 bits per heavy atom. The van der Waals surface area contributed by atoms with Gasteiger partial charge in [-0.2, -0.15) is 11.3 Å². The van der Waals surface area contributed by atoms with E-state index in [0.29, 0.717) is 6.61 Å². The molecule has 0 unspecified atom stereocenters. The van der Waals surface area contributed by atoms with Gasteiger partial charge in [0, 0.05) is 0 Å². The van der Waals surface area contributed by atoms with Gasteiger partial charge in [-0.15, -0.1) is 0 Å².